The van der Waals surface area contributed by atoms with Crippen molar-refractivity contribution in [1.29, 1.82) is 0 Å². The number of furan rings is 1. The molecule has 4 aromatic rings. The van der Waals surface area contributed by atoms with Gasteiger partial charge in [0, 0.05) is 47.4 Å². The summed E-state index contributed by atoms with van der Waals surface area (Å²) in [5, 5.41) is 8.61. The first kappa shape index (κ1) is 29.6. The van der Waals surface area contributed by atoms with Crippen molar-refractivity contribution in [3.8, 4) is 11.3 Å². The maximum absolute atomic E-state index is 14.4. The molecule has 1 N–H and O–H groups in total. The van der Waals surface area contributed by atoms with Crippen molar-refractivity contribution in [3.63, 3.8) is 0 Å². The van der Waals surface area contributed by atoms with Crippen LogP contribution in [0, 0.1) is 24.5 Å². The van der Waals surface area contributed by atoms with E-state index in [1.807, 2.05) is 27.7 Å². The third kappa shape index (κ3) is 6.75. The number of rotatable bonds is 6. The van der Waals surface area contributed by atoms with E-state index in [2.05, 4.69) is 10.4 Å². The highest BCUT2D eigenvalue weighted by atomic mass is 35.5. The van der Waals surface area contributed by atoms with Crippen LogP contribution in [0.25, 0.3) is 22.3 Å². The van der Waals surface area contributed by atoms with E-state index in [1.165, 1.54) is 12.1 Å². The van der Waals surface area contributed by atoms with Crippen LogP contribution >= 0.6 is 11.6 Å². The Bertz CT molecular complexity index is 1630. The first-order chi connectivity index (χ1) is 19.9. The van der Waals surface area contributed by atoms with Crippen molar-refractivity contribution in [2.24, 2.45) is 5.92 Å². The number of hydrogen-bond acceptors (Lipinski definition) is 5. The third-order valence-corrected chi connectivity index (χ3v) is 7.42. The molecule has 2 aromatic heterocycles. The number of nitrogens with one attached hydrogen (secondary N) is 1. The van der Waals surface area contributed by atoms with Crippen molar-refractivity contribution >= 4 is 34.6 Å². The van der Waals surface area contributed by atoms with Crippen LogP contribution in [0.1, 0.15) is 55.4 Å². The number of ether oxygens (including phenoxy) is 1. The molecule has 0 aliphatic carbocycles. The van der Waals surface area contributed by atoms with Gasteiger partial charge in [-0.1, -0.05) is 11.6 Å². The van der Waals surface area contributed by atoms with Crippen molar-refractivity contribution in [2.75, 3.05) is 19.6 Å². The number of aryl methyl sites for hydroxylation is 1. The van der Waals surface area contributed by atoms with Crippen molar-refractivity contribution < 1.29 is 27.5 Å². The largest absolute Gasteiger partial charge is 0.456 e. The van der Waals surface area contributed by atoms with Gasteiger partial charge in [0.25, 0.3) is 5.91 Å². The minimum absolute atomic E-state index is 0.138. The molecule has 5 rings (SSSR count). The summed E-state index contributed by atoms with van der Waals surface area (Å²) in [7, 11) is 0. The molecule has 0 radical (unpaired) electrons. The fourth-order valence-corrected chi connectivity index (χ4v) is 5.29. The van der Waals surface area contributed by atoms with Gasteiger partial charge in [-0.2, -0.15) is 5.10 Å². The van der Waals surface area contributed by atoms with Gasteiger partial charge in [-0.3, -0.25) is 9.48 Å². The number of nitrogens with zero attached hydrogens (tertiary/aromatic N) is 3. The molecule has 0 atom stereocenters. The van der Waals surface area contributed by atoms with Gasteiger partial charge in [-0.15, -0.1) is 0 Å². The van der Waals surface area contributed by atoms with Crippen LogP contribution in [0.3, 0.4) is 0 Å². The highest BCUT2D eigenvalue weighted by Crippen LogP contribution is 2.34. The predicted octanol–water partition coefficient (Wildman–Crippen LogP) is 6.96. The maximum atomic E-state index is 14.4. The summed E-state index contributed by atoms with van der Waals surface area (Å²) in [6.07, 6.45) is 1.23. The average molecular weight is 599 g/mol. The molecular weight excluding hydrogens is 566 g/mol. The summed E-state index contributed by atoms with van der Waals surface area (Å²) in [6, 6.07) is 10.1. The minimum Gasteiger partial charge on any atom is -0.456 e. The Morgan fingerprint density at radius 1 is 1.12 bits per heavy atom. The fourth-order valence-electron chi connectivity index (χ4n) is 5.04. The van der Waals surface area contributed by atoms with E-state index in [0.717, 1.165) is 24.6 Å². The molecule has 1 fully saturated rings. The van der Waals surface area contributed by atoms with Crippen LogP contribution < -0.4 is 5.32 Å². The molecule has 0 bridgehead atoms. The Morgan fingerprint density at radius 3 is 2.55 bits per heavy atom. The molecular formula is C31H33ClF2N4O4. The minimum atomic E-state index is -0.728. The molecule has 3 heterocycles. The third-order valence-electron chi connectivity index (χ3n) is 7.21. The van der Waals surface area contributed by atoms with Crippen LogP contribution in [-0.4, -0.2) is 51.9 Å². The molecule has 42 heavy (non-hydrogen) atoms. The van der Waals surface area contributed by atoms with Crippen molar-refractivity contribution in [1.82, 2.24) is 20.0 Å². The lowest BCUT2D eigenvalue weighted by molar-refractivity contribution is 0.0183. The van der Waals surface area contributed by atoms with E-state index in [0.29, 0.717) is 41.2 Å². The van der Waals surface area contributed by atoms with Crippen LogP contribution in [0.15, 0.2) is 46.9 Å². The normalized spacial score (nSPS) is 14.4. The second-order valence-corrected chi connectivity index (χ2v) is 12.1. The maximum Gasteiger partial charge on any atom is 0.410 e. The second-order valence-electron chi connectivity index (χ2n) is 11.7. The number of carbonyl (C=O) groups is 2. The lowest BCUT2D eigenvalue weighted by atomic mass is 9.97. The molecule has 2 amide bonds. The molecule has 0 unspecified atom stereocenters. The number of likely N-dealkylation sites (tertiary alicyclic amines) is 1. The van der Waals surface area contributed by atoms with Gasteiger partial charge in [0.1, 0.15) is 34.3 Å². The highest BCUT2D eigenvalue weighted by Gasteiger charge is 2.27. The number of halogens is 3. The van der Waals surface area contributed by atoms with Gasteiger partial charge in [-0.05, 0) is 82.9 Å². The molecule has 222 valence electrons. The van der Waals surface area contributed by atoms with Crippen molar-refractivity contribution in [3.05, 3.63) is 76.1 Å². The predicted molar refractivity (Wildman–Crippen MR) is 156 cm³/mol. The zero-order valence-corrected chi connectivity index (χ0v) is 24.7. The van der Waals surface area contributed by atoms with E-state index in [-0.39, 0.29) is 41.5 Å². The average Bonchev–Trinajstić information content (AvgIpc) is 3.50. The molecule has 0 spiro atoms. The SMILES string of the molecule is Cc1cc(C(=O)NCC2CCN(C(=O)OC(C)(C)C)CC2)nn1Cc1cc(Cl)cc2cc(-c3ccc(F)cc3F)oc12. The second kappa shape index (κ2) is 11.8. The van der Waals surface area contributed by atoms with Crippen LogP contribution in [0.2, 0.25) is 5.02 Å². The summed E-state index contributed by atoms with van der Waals surface area (Å²) >= 11 is 6.37. The summed E-state index contributed by atoms with van der Waals surface area (Å²) in [4.78, 5) is 27.0. The Labute approximate surface area is 247 Å². The quantitative estimate of drug-likeness (QED) is 0.259. The summed E-state index contributed by atoms with van der Waals surface area (Å²) in [5.74, 6) is -1.19. The first-order valence-corrected chi connectivity index (χ1v) is 14.2. The van der Waals surface area contributed by atoms with Gasteiger partial charge in [0.05, 0.1) is 12.1 Å². The van der Waals surface area contributed by atoms with Crippen molar-refractivity contribution in [2.45, 2.75) is 52.7 Å². The number of fused-ring (bicyclic) bond motifs is 1. The number of carbonyl (C=O) groups excluding carboxylic acids is 2. The number of benzene rings is 2. The van der Waals surface area contributed by atoms with E-state index in [9.17, 15) is 18.4 Å². The lowest BCUT2D eigenvalue weighted by Crippen LogP contribution is -2.43. The standard InChI is InChI=1S/C31H33ClF2N4O4/c1-18-11-26(29(39)35-16-19-7-9-37(10-8-19)30(40)42-31(2,3)4)36-38(18)17-21-13-22(32)12-20-14-27(41-28(20)21)24-6-5-23(33)15-25(24)34/h5-6,11-15,19H,7-10,16-17H2,1-4H3,(H,35,39). The van der Waals surface area contributed by atoms with E-state index >= 15 is 0 Å². The van der Waals surface area contributed by atoms with Gasteiger partial charge < -0.3 is 19.4 Å². The molecule has 1 aliphatic rings. The molecule has 11 heteroatoms. The Morgan fingerprint density at radius 2 is 1.86 bits per heavy atom. The van der Waals surface area contributed by atoms with E-state index < -0.39 is 17.2 Å². The Hall–Kier alpha value is -3.92. The number of piperidine rings is 1. The summed E-state index contributed by atoms with van der Waals surface area (Å²) < 4.78 is 41.0. The topological polar surface area (TPSA) is 89.6 Å². The summed E-state index contributed by atoms with van der Waals surface area (Å²) in [5.41, 5.74) is 1.84. The number of hydrogen-bond donors (Lipinski definition) is 1. The van der Waals surface area contributed by atoms with Gasteiger partial charge in [-0.25, -0.2) is 13.6 Å². The molecule has 1 aliphatic heterocycles. The van der Waals surface area contributed by atoms with E-state index in [1.54, 1.807) is 33.8 Å². The van der Waals surface area contributed by atoms with Gasteiger partial charge >= 0.3 is 6.09 Å². The zero-order valence-electron chi connectivity index (χ0n) is 24.0. The number of aromatic nitrogens is 2. The highest BCUT2D eigenvalue weighted by molar-refractivity contribution is 6.31. The zero-order chi connectivity index (χ0) is 30.2. The van der Waals surface area contributed by atoms with Crippen LogP contribution in [-0.2, 0) is 11.3 Å². The van der Waals surface area contributed by atoms with E-state index in [4.69, 9.17) is 20.8 Å². The number of amides is 2. The summed E-state index contributed by atoms with van der Waals surface area (Å²) in [6.45, 7) is 9.29. The smallest absolute Gasteiger partial charge is 0.410 e. The van der Waals surface area contributed by atoms with Crippen LogP contribution in [0.4, 0.5) is 13.6 Å². The molecule has 2 aromatic carbocycles. The lowest BCUT2D eigenvalue weighted by Gasteiger charge is -2.33. The van der Waals surface area contributed by atoms with Gasteiger partial charge in [0.2, 0.25) is 0 Å². The molecule has 0 saturated carbocycles. The Kier molecular flexibility index (Phi) is 8.28. The molecule has 1 saturated heterocycles. The van der Waals surface area contributed by atoms with Crippen LogP contribution in [0.5, 0.6) is 0 Å². The first-order valence-electron chi connectivity index (χ1n) is 13.8. The monoisotopic (exact) mass is 598 g/mol. The Balaban J connectivity index is 1.24. The van der Waals surface area contributed by atoms with Gasteiger partial charge in [0.15, 0.2) is 0 Å². The molecule has 8 nitrogen and oxygen atoms in total. The fraction of sp³-hybridized carbons (Fsp3) is 0.387.